The Morgan fingerprint density at radius 2 is 2.20 bits per heavy atom. The van der Waals surface area contributed by atoms with Crippen molar-refractivity contribution in [1.29, 1.82) is 0 Å². The van der Waals surface area contributed by atoms with Gasteiger partial charge >= 0.3 is 0 Å². The van der Waals surface area contributed by atoms with E-state index in [1.54, 1.807) is 25.2 Å². The molecule has 0 spiro atoms. The van der Waals surface area contributed by atoms with Gasteiger partial charge in [-0.2, -0.15) is 0 Å². The lowest BCUT2D eigenvalue weighted by molar-refractivity contribution is -0.142. The first-order valence-corrected chi connectivity index (χ1v) is 7.22. The average Bonchev–Trinajstić information content (AvgIpc) is 2.40. The summed E-state index contributed by atoms with van der Waals surface area (Å²) in [5, 5.41) is 3.90. The topological polar surface area (TPSA) is 49.4 Å². The average molecular weight is 315 g/mol. The predicted molar refractivity (Wildman–Crippen MR) is 78.7 cm³/mol. The van der Waals surface area contributed by atoms with Gasteiger partial charge in [0.2, 0.25) is 11.8 Å². The number of nitrogens with one attached hydrogen (secondary N) is 1. The lowest BCUT2D eigenvalue weighted by atomic mass is 10.0. The van der Waals surface area contributed by atoms with Crippen molar-refractivity contribution in [2.75, 3.05) is 7.05 Å². The monoisotopic (exact) mass is 314 g/mol. The summed E-state index contributed by atoms with van der Waals surface area (Å²) in [5.74, 6) is -0.132. The van der Waals surface area contributed by atoms with Gasteiger partial charge in [-0.3, -0.25) is 9.59 Å². The maximum atomic E-state index is 12.1. The molecule has 1 aromatic carbocycles. The van der Waals surface area contributed by atoms with E-state index in [0.29, 0.717) is 29.4 Å². The number of halogens is 2. The van der Waals surface area contributed by atoms with E-state index in [0.717, 1.165) is 12.0 Å². The van der Waals surface area contributed by atoms with Gasteiger partial charge in [0.05, 0.1) is 0 Å². The smallest absolute Gasteiger partial charge is 0.243 e. The van der Waals surface area contributed by atoms with E-state index in [1.807, 2.05) is 0 Å². The number of benzene rings is 1. The number of likely N-dealkylation sites (N-methyl/N-ethyl adjacent to an activating group) is 1. The van der Waals surface area contributed by atoms with Crippen molar-refractivity contribution < 1.29 is 9.59 Å². The summed E-state index contributed by atoms with van der Waals surface area (Å²) in [6, 6.07) is 4.76. The van der Waals surface area contributed by atoms with Gasteiger partial charge in [0.1, 0.15) is 6.04 Å². The molecule has 1 aliphatic heterocycles. The Morgan fingerprint density at radius 1 is 1.45 bits per heavy atom. The zero-order valence-corrected chi connectivity index (χ0v) is 12.7. The van der Waals surface area contributed by atoms with Gasteiger partial charge in [0.15, 0.2) is 0 Å². The predicted octanol–water partition coefficient (Wildman–Crippen LogP) is 2.62. The van der Waals surface area contributed by atoms with Crippen LogP contribution in [0.4, 0.5) is 0 Å². The molecule has 0 unspecified atom stereocenters. The Labute approximate surface area is 128 Å². The Hall–Kier alpha value is -1.26. The highest BCUT2D eigenvalue weighted by Gasteiger charge is 2.30. The molecule has 108 valence electrons. The molecule has 6 heteroatoms. The largest absolute Gasteiger partial charge is 0.350 e. The lowest BCUT2D eigenvalue weighted by Crippen LogP contribution is -2.49. The summed E-state index contributed by atoms with van der Waals surface area (Å²) in [4.78, 5) is 25.2. The van der Waals surface area contributed by atoms with Crippen LogP contribution >= 0.6 is 23.2 Å². The molecule has 1 heterocycles. The Balaban J connectivity index is 1.96. The van der Waals surface area contributed by atoms with Crippen molar-refractivity contribution in [2.45, 2.75) is 31.8 Å². The number of hydrogen-bond acceptors (Lipinski definition) is 2. The van der Waals surface area contributed by atoms with Gasteiger partial charge in [-0.05, 0) is 30.5 Å². The van der Waals surface area contributed by atoms with Crippen molar-refractivity contribution in [2.24, 2.45) is 0 Å². The molecule has 0 saturated carbocycles. The van der Waals surface area contributed by atoms with Gasteiger partial charge in [-0.15, -0.1) is 0 Å². The first-order valence-electron chi connectivity index (χ1n) is 6.46. The second kappa shape index (κ2) is 6.46. The van der Waals surface area contributed by atoms with Crippen LogP contribution in [0.2, 0.25) is 10.0 Å². The molecule has 2 amide bonds. The fourth-order valence-electron chi connectivity index (χ4n) is 2.26. The van der Waals surface area contributed by atoms with Crippen molar-refractivity contribution in [3.05, 3.63) is 33.8 Å². The third-order valence-corrected chi connectivity index (χ3v) is 4.09. The van der Waals surface area contributed by atoms with Gasteiger partial charge in [-0.25, -0.2) is 0 Å². The molecule has 2 rings (SSSR count). The van der Waals surface area contributed by atoms with Crippen LogP contribution < -0.4 is 5.32 Å². The van der Waals surface area contributed by atoms with E-state index < -0.39 is 0 Å². The second-order valence-electron chi connectivity index (χ2n) is 4.87. The number of likely N-dealkylation sites (tertiary alicyclic amines) is 1. The molecule has 0 aromatic heterocycles. The molecule has 1 N–H and O–H groups in total. The molecule has 1 aliphatic rings. The lowest BCUT2D eigenvalue weighted by Gasteiger charge is -2.31. The number of carbonyl (C=O) groups is 2. The third-order valence-electron chi connectivity index (χ3n) is 3.50. The Bertz CT molecular complexity index is 534. The normalized spacial score (nSPS) is 19.1. The fourth-order valence-corrected chi connectivity index (χ4v) is 2.74. The summed E-state index contributed by atoms with van der Waals surface area (Å²) in [7, 11) is 1.67. The maximum Gasteiger partial charge on any atom is 0.243 e. The summed E-state index contributed by atoms with van der Waals surface area (Å²) in [6.07, 6.45) is 1.97. The van der Waals surface area contributed by atoms with Crippen LogP contribution in [0, 0.1) is 0 Å². The van der Waals surface area contributed by atoms with Gasteiger partial charge in [0, 0.05) is 30.1 Å². The summed E-state index contributed by atoms with van der Waals surface area (Å²) < 4.78 is 0. The van der Waals surface area contributed by atoms with Crippen LogP contribution in [-0.4, -0.2) is 29.8 Å². The molecule has 1 saturated heterocycles. The molecular formula is C14H16Cl2N2O2. The van der Waals surface area contributed by atoms with Crippen LogP contribution in [0.1, 0.15) is 24.8 Å². The van der Waals surface area contributed by atoms with Gasteiger partial charge < -0.3 is 10.2 Å². The minimum Gasteiger partial charge on any atom is -0.350 e. The summed E-state index contributed by atoms with van der Waals surface area (Å²) in [6.45, 7) is 0.327. The SMILES string of the molecule is CN1C(=O)CCC[C@H]1C(=O)NCc1ccc(Cl)cc1Cl. The zero-order chi connectivity index (χ0) is 14.7. The van der Waals surface area contributed by atoms with Crippen LogP contribution in [0.3, 0.4) is 0 Å². The van der Waals surface area contributed by atoms with Crippen molar-refractivity contribution in [3.8, 4) is 0 Å². The molecule has 20 heavy (non-hydrogen) atoms. The molecular weight excluding hydrogens is 299 g/mol. The molecule has 1 aromatic rings. The number of nitrogens with zero attached hydrogens (tertiary/aromatic N) is 1. The highest BCUT2D eigenvalue weighted by Crippen LogP contribution is 2.21. The molecule has 0 radical (unpaired) electrons. The van der Waals surface area contributed by atoms with E-state index in [9.17, 15) is 9.59 Å². The minimum atomic E-state index is -0.387. The van der Waals surface area contributed by atoms with Crippen LogP contribution in [-0.2, 0) is 16.1 Å². The van der Waals surface area contributed by atoms with E-state index in [1.165, 1.54) is 4.90 Å². The molecule has 4 nitrogen and oxygen atoms in total. The number of rotatable bonds is 3. The zero-order valence-electron chi connectivity index (χ0n) is 11.2. The molecule has 1 atom stereocenters. The molecule has 0 aliphatic carbocycles. The second-order valence-corrected chi connectivity index (χ2v) is 5.71. The summed E-state index contributed by atoms with van der Waals surface area (Å²) in [5.41, 5.74) is 0.800. The number of carbonyl (C=O) groups excluding carboxylic acids is 2. The van der Waals surface area contributed by atoms with Crippen molar-refractivity contribution >= 4 is 35.0 Å². The first-order chi connectivity index (χ1) is 9.49. The van der Waals surface area contributed by atoms with E-state index in [2.05, 4.69) is 5.32 Å². The van der Waals surface area contributed by atoms with E-state index in [-0.39, 0.29) is 17.9 Å². The number of amides is 2. The standard InChI is InChI=1S/C14H16Cl2N2O2/c1-18-12(3-2-4-13(18)19)14(20)17-8-9-5-6-10(15)7-11(9)16/h5-7,12H,2-4,8H2,1H3,(H,17,20)/t12-/m0/s1. The Kier molecular flexibility index (Phi) is 4.89. The Morgan fingerprint density at radius 3 is 2.90 bits per heavy atom. The third kappa shape index (κ3) is 3.44. The highest BCUT2D eigenvalue weighted by atomic mass is 35.5. The van der Waals surface area contributed by atoms with Crippen LogP contribution in [0.15, 0.2) is 18.2 Å². The molecule has 1 fully saturated rings. The fraction of sp³-hybridized carbons (Fsp3) is 0.429. The van der Waals surface area contributed by atoms with Gasteiger partial charge in [0.25, 0.3) is 0 Å². The number of hydrogen-bond donors (Lipinski definition) is 1. The molecule has 0 bridgehead atoms. The summed E-state index contributed by atoms with van der Waals surface area (Å²) >= 11 is 11.9. The minimum absolute atomic E-state index is 0.0147. The van der Waals surface area contributed by atoms with Gasteiger partial charge in [-0.1, -0.05) is 29.3 Å². The van der Waals surface area contributed by atoms with E-state index in [4.69, 9.17) is 23.2 Å². The van der Waals surface area contributed by atoms with E-state index >= 15 is 0 Å². The number of piperidine rings is 1. The van der Waals surface area contributed by atoms with Crippen LogP contribution in [0.25, 0.3) is 0 Å². The van der Waals surface area contributed by atoms with Crippen LogP contribution in [0.5, 0.6) is 0 Å². The highest BCUT2D eigenvalue weighted by molar-refractivity contribution is 6.35. The van der Waals surface area contributed by atoms with Crippen molar-refractivity contribution in [1.82, 2.24) is 10.2 Å². The quantitative estimate of drug-likeness (QED) is 0.932. The maximum absolute atomic E-state index is 12.1. The van der Waals surface area contributed by atoms with Crippen molar-refractivity contribution in [3.63, 3.8) is 0 Å². The first kappa shape index (κ1) is 15.1.